The molecule has 1 aliphatic heterocycles. The molecule has 140 valence electrons. The summed E-state index contributed by atoms with van der Waals surface area (Å²) in [4.78, 5) is 21.9. The Balaban J connectivity index is 1.44. The average molecular weight is 376 g/mol. The van der Waals surface area contributed by atoms with Gasteiger partial charge in [0.15, 0.2) is 5.82 Å². The second-order valence-corrected chi connectivity index (χ2v) is 7.04. The van der Waals surface area contributed by atoms with Gasteiger partial charge in [-0.3, -0.25) is 4.79 Å². The number of halogens is 1. The van der Waals surface area contributed by atoms with Gasteiger partial charge in [-0.15, -0.1) is 0 Å². The molecular weight excluding hydrogens is 359 g/mol. The second-order valence-electron chi connectivity index (χ2n) is 7.04. The van der Waals surface area contributed by atoms with Crippen LogP contribution in [0.2, 0.25) is 0 Å². The number of fused-ring (bicyclic) bond motifs is 1. The highest BCUT2D eigenvalue weighted by atomic mass is 19.1. The van der Waals surface area contributed by atoms with Crippen molar-refractivity contribution in [3.63, 3.8) is 0 Å². The Morgan fingerprint density at radius 2 is 2.14 bits per heavy atom. The quantitative estimate of drug-likeness (QED) is 0.582. The maximum absolute atomic E-state index is 13.4. The third kappa shape index (κ3) is 2.67. The molecule has 0 saturated carbocycles. The zero-order valence-corrected chi connectivity index (χ0v) is 15.1. The van der Waals surface area contributed by atoms with Crippen molar-refractivity contribution in [3.05, 3.63) is 65.9 Å². The van der Waals surface area contributed by atoms with Gasteiger partial charge in [0.25, 0.3) is 5.89 Å². The molecule has 6 nitrogen and oxygen atoms in total. The maximum Gasteiger partial charge on any atom is 0.258 e. The number of hydrogen-bond donors (Lipinski definition) is 1. The summed E-state index contributed by atoms with van der Waals surface area (Å²) in [5.74, 6) is 0.437. The molecule has 0 radical (unpaired) electrons. The number of H-pyrrole nitrogens is 1. The number of amides is 1. The number of rotatable bonds is 3. The Morgan fingerprint density at radius 3 is 3.00 bits per heavy atom. The number of nitrogens with one attached hydrogen (secondary N) is 1. The SMILES string of the molecule is Cc1cc(F)ccc1N1CC(c2noc(-c3cccc4[nH]ccc34)n2)CC1=O. The second kappa shape index (κ2) is 6.30. The zero-order valence-electron chi connectivity index (χ0n) is 15.1. The van der Waals surface area contributed by atoms with Crippen molar-refractivity contribution in [1.82, 2.24) is 15.1 Å². The van der Waals surface area contributed by atoms with Gasteiger partial charge in [-0.25, -0.2) is 4.39 Å². The Hall–Kier alpha value is -3.48. The first-order valence-electron chi connectivity index (χ1n) is 9.07. The van der Waals surface area contributed by atoms with Crippen LogP contribution in [0.25, 0.3) is 22.4 Å². The molecular formula is C21H17FN4O2. The first kappa shape index (κ1) is 16.7. The summed E-state index contributed by atoms with van der Waals surface area (Å²) >= 11 is 0. The van der Waals surface area contributed by atoms with E-state index in [1.807, 2.05) is 30.5 Å². The van der Waals surface area contributed by atoms with E-state index in [2.05, 4.69) is 15.1 Å². The van der Waals surface area contributed by atoms with Gasteiger partial charge in [-0.2, -0.15) is 4.98 Å². The lowest BCUT2D eigenvalue weighted by Crippen LogP contribution is -2.25. The molecule has 7 heteroatoms. The highest BCUT2D eigenvalue weighted by molar-refractivity contribution is 5.97. The van der Waals surface area contributed by atoms with E-state index in [4.69, 9.17) is 4.52 Å². The minimum atomic E-state index is -0.314. The van der Waals surface area contributed by atoms with Crippen molar-refractivity contribution in [2.24, 2.45) is 0 Å². The lowest BCUT2D eigenvalue weighted by atomic mass is 10.1. The van der Waals surface area contributed by atoms with Gasteiger partial charge in [0.05, 0.1) is 0 Å². The molecule has 0 spiro atoms. The molecule has 1 aliphatic rings. The molecule has 1 saturated heterocycles. The normalized spacial score (nSPS) is 17.0. The molecule has 5 rings (SSSR count). The number of anilines is 1. The summed E-state index contributed by atoms with van der Waals surface area (Å²) in [6, 6.07) is 12.2. The monoisotopic (exact) mass is 376 g/mol. The number of nitrogens with zero attached hydrogens (tertiary/aromatic N) is 3. The van der Waals surface area contributed by atoms with Crippen molar-refractivity contribution in [1.29, 1.82) is 0 Å². The molecule has 1 N–H and O–H groups in total. The number of carbonyl (C=O) groups excluding carboxylic acids is 1. The van der Waals surface area contributed by atoms with Gasteiger partial charge in [-0.1, -0.05) is 11.2 Å². The van der Waals surface area contributed by atoms with Crippen LogP contribution in [-0.4, -0.2) is 27.6 Å². The van der Waals surface area contributed by atoms with Crippen molar-refractivity contribution in [3.8, 4) is 11.5 Å². The lowest BCUT2D eigenvalue weighted by molar-refractivity contribution is -0.117. The van der Waals surface area contributed by atoms with Gasteiger partial charge >= 0.3 is 0 Å². The minimum Gasteiger partial charge on any atom is -0.361 e. The van der Waals surface area contributed by atoms with Crippen molar-refractivity contribution in [2.75, 3.05) is 11.4 Å². The van der Waals surface area contributed by atoms with Gasteiger partial charge < -0.3 is 14.4 Å². The fourth-order valence-electron chi connectivity index (χ4n) is 3.82. The van der Waals surface area contributed by atoms with E-state index in [-0.39, 0.29) is 17.6 Å². The first-order valence-corrected chi connectivity index (χ1v) is 9.07. The van der Waals surface area contributed by atoms with Gasteiger partial charge in [0.1, 0.15) is 5.82 Å². The standard InChI is InChI=1S/C21H17FN4O2/c1-12-9-14(22)5-6-18(12)26-11-13(10-19(26)27)20-24-21(28-25-20)16-3-2-4-17-15(16)7-8-23-17/h2-9,13,23H,10-11H2,1H3. The Labute approximate surface area is 160 Å². The van der Waals surface area contributed by atoms with Crippen molar-refractivity contribution in [2.45, 2.75) is 19.3 Å². The molecule has 0 aliphatic carbocycles. The van der Waals surface area contributed by atoms with Crippen LogP contribution < -0.4 is 4.90 Å². The van der Waals surface area contributed by atoms with Crippen LogP contribution in [0, 0.1) is 12.7 Å². The molecule has 1 amide bonds. The van der Waals surface area contributed by atoms with E-state index in [1.54, 1.807) is 17.9 Å². The summed E-state index contributed by atoms with van der Waals surface area (Å²) in [5, 5.41) is 5.13. The topological polar surface area (TPSA) is 75.0 Å². The van der Waals surface area contributed by atoms with E-state index in [9.17, 15) is 9.18 Å². The molecule has 2 aromatic carbocycles. The van der Waals surface area contributed by atoms with Crippen molar-refractivity contribution < 1.29 is 13.7 Å². The maximum atomic E-state index is 13.4. The third-order valence-corrected chi connectivity index (χ3v) is 5.21. The summed E-state index contributed by atoms with van der Waals surface area (Å²) in [6.45, 7) is 2.24. The molecule has 1 fully saturated rings. The van der Waals surface area contributed by atoms with Gasteiger partial charge in [-0.05, 0) is 48.9 Å². The van der Waals surface area contributed by atoms with Crippen LogP contribution >= 0.6 is 0 Å². The predicted molar refractivity (Wildman–Crippen MR) is 102 cm³/mol. The summed E-state index contributed by atoms with van der Waals surface area (Å²) in [7, 11) is 0. The average Bonchev–Trinajstić information content (AvgIpc) is 3.40. The fourth-order valence-corrected chi connectivity index (χ4v) is 3.82. The third-order valence-electron chi connectivity index (χ3n) is 5.21. The van der Waals surface area contributed by atoms with Crippen LogP contribution in [0.4, 0.5) is 10.1 Å². The van der Waals surface area contributed by atoms with E-state index in [0.29, 0.717) is 24.7 Å². The molecule has 4 aromatic rings. The molecule has 1 unspecified atom stereocenters. The molecule has 3 heterocycles. The van der Waals surface area contributed by atoms with Gasteiger partial charge in [0.2, 0.25) is 5.91 Å². The van der Waals surface area contributed by atoms with Crippen molar-refractivity contribution >= 4 is 22.5 Å². The summed E-state index contributed by atoms with van der Waals surface area (Å²) < 4.78 is 18.9. The first-order chi connectivity index (χ1) is 13.6. The molecule has 1 atom stereocenters. The summed E-state index contributed by atoms with van der Waals surface area (Å²) in [6.07, 6.45) is 2.16. The minimum absolute atomic E-state index is 0.0289. The number of hydrogen-bond acceptors (Lipinski definition) is 4. The smallest absolute Gasteiger partial charge is 0.258 e. The largest absolute Gasteiger partial charge is 0.361 e. The Bertz CT molecular complexity index is 1200. The number of carbonyl (C=O) groups is 1. The van der Waals surface area contributed by atoms with Gasteiger partial charge in [0, 0.05) is 47.2 Å². The van der Waals surface area contributed by atoms with Crippen LogP contribution in [0.3, 0.4) is 0 Å². The lowest BCUT2D eigenvalue weighted by Gasteiger charge is -2.18. The molecule has 2 aromatic heterocycles. The molecule has 28 heavy (non-hydrogen) atoms. The van der Waals surface area contributed by atoms with Crippen LogP contribution in [0.15, 0.2) is 53.2 Å². The predicted octanol–water partition coefficient (Wildman–Crippen LogP) is 4.19. The fraction of sp³-hybridized carbons (Fsp3) is 0.190. The number of benzene rings is 2. The highest BCUT2D eigenvalue weighted by Gasteiger charge is 2.35. The Morgan fingerprint density at radius 1 is 1.25 bits per heavy atom. The van der Waals surface area contributed by atoms with Crippen LogP contribution in [0.5, 0.6) is 0 Å². The van der Waals surface area contributed by atoms with Crippen LogP contribution in [-0.2, 0) is 4.79 Å². The Kier molecular flexibility index (Phi) is 3.75. The van der Waals surface area contributed by atoms with E-state index < -0.39 is 0 Å². The number of aromatic amines is 1. The zero-order chi connectivity index (χ0) is 19.3. The number of aromatic nitrogens is 3. The summed E-state index contributed by atoms with van der Waals surface area (Å²) in [5.41, 5.74) is 3.29. The van der Waals surface area contributed by atoms with Crippen LogP contribution in [0.1, 0.15) is 23.7 Å². The highest BCUT2D eigenvalue weighted by Crippen LogP contribution is 2.34. The van der Waals surface area contributed by atoms with E-state index >= 15 is 0 Å². The van der Waals surface area contributed by atoms with E-state index in [0.717, 1.165) is 27.7 Å². The molecule has 0 bridgehead atoms. The number of aryl methyl sites for hydroxylation is 1. The van der Waals surface area contributed by atoms with E-state index in [1.165, 1.54) is 12.1 Å².